The number of hydrogen-bond donors (Lipinski definition) is 1. The molecule has 1 heterocycles. The van der Waals surface area contributed by atoms with Gasteiger partial charge in [-0.3, -0.25) is 14.5 Å². The maximum absolute atomic E-state index is 13.0. The van der Waals surface area contributed by atoms with Gasteiger partial charge >= 0.3 is 0 Å². The molecule has 9 nitrogen and oxygen atoms in total. The standard InChI is InChI=1S/C23H25ClN4O5S2/c1-5-11-28-22(30)20(14-21(29)25-16-9-10-19(33-4)18(24)13-16)34-23(28)26-15-7-6-8-17(12-15)35(31,32)27(2)3/h5-10,12-13,20H,1,11,14H2,2-4H3,(H,25,29). The van der Waals surface area contributed by atoms with Crippen LogP contribution in [0.3, 0.4) is 0 Å². The van der Waals surface area contributed by atoms with Crippen molar-refractivity contribution in [3.8, 4) is 5.75 Å². The number of thioether (sulfide) groups is 1. The van der Waals surface area contributed by atoms with E-state index in [1.54, 1.807) is 36.4 Å². The highest BCUT2D eigenvalue weighted by molar-refractivity contribution is 8.15. The molecule has 2 amide bonds. The molecule has 0 bridgehead atoms. The van der Waals surface area contributed by atoms with Crippen LogP contribution in [-0.2, 0) is 19.6 Å². The first-order valence-electron chi connectivity index (χ1n) is 10.4. The second-order valence-corrected chi connectivity index (χ2v) is 11.4. The fraction of sp³-hybridized carbons (Fsp3) is 0.261. The Hall–Kier alpha value is -2.86. The molecule has 1 atom stereocenters. The summed E-state index contributed by atoms with van der Waals surface area (Å²) in [5.41, 5.74) is 0.849. The average Bonchev–Trinajstić information content (AvgIpc) is 3.08. The Bertz CT molecular complexity index is 1280. The Labute approximate surface area is 213 Å². The van der Waals surface area contributed by atoms with Gasteiger partial charge in [0.1, 0.15) is 11.0 Å². The number of anilines is 1. The third-order valence-electron chi connectivity index (χ3n) is 4.96. The van der Waals surface area contributed by atoms with Gasteiger partial charge in [-0.15, -0.1) is 6.58 Å². The quantitative estimate of drug-likeness (QED) is 0.489. The fourth-order valence-corrected chi connectivity index (χ4v) is 5.55. The summed E-state index contributed by atoms with van der Waals surface area (Å²) in [5.74, 6) is -0.167. The van der Waals surface area contributed by atoms with Crippen molar-refractivity contribution < 1.29 is 22.7 Å². The van der Waals surface area contributed by atoms with Crippen molar-refractivity contribution in [1.29, 1.82) is 0 Å². The average molecular weight is 537 g/mol. The first-order valence-corrected chi connectivity index (χ1v) is 13.1. The first-order chi connectivity index (χ1) is 16.6. The third kappa shape index (κ3) is 6.23. The Morgan fingerprint density at radius 3 is 2.69 bits per heavy atom. The van der Waals surface area contributed by atoms with Crippen LogP contribution >= 0.6 is 23.4 Å². The number of amidine groups is 1. The van der Waals surface area contributed by atoms with Gasteiger partial charge in [-0.1, -0.05) is 35.5 Å². The molecule has 35 heavy (non-hydrogen) atoms. The van der Waals surface area contributed by atoms with Gasteiger partial charge in [-0.05, 0) is 36.4 Å². The summed E-state index contributed by atoms with van der Waals surface area (Å²) in [7, 11) is 0.743. The molecule has 1 fully saturated rings. The van der Waals surface area contributed by atoms with Crippen LogP contribution in [0, 0.1) is 0 Å². The molecular weight excluding hydrogens is 512 g/mol. The van der Waals surface area contributed by atoms with E-state index in [4.69, 9.17) is 16.3 Å². The Balaban J connectivity index is 1.79. The zero-order chi connectivity index (χ0) is 25.8. The van der Waals surface area contributed by atoms with Crippen molar-refractivity contribution in [3.63, 3.8) is 0 Å². The smallest absolute Gasteiger partial charge is 0.242 e. The topological polar surface area (TPSA) is 108 Å². The maximum Gasteiger partial charge on any atom is 0.242 e. The summed E-state index contributed by atoms with van der Waals surface area (Å²) < 4.78 is 31.1. The lowest BCUT2D eigenvalue weighted by atomic mass is 10.2. The van der Waals surface area contributed by atoms with Crippen LogP contribution in [-0.4, -0.2) is 67.6 Å². The minimum Gasteiger partial charge on any atom is -0.495 e. The number of hydrogen-bond acceptors (Lipinski definition) is 7. The molecule has 1 aliphatic rings. The first kappa shape index (κ1) is 26.7. The zero-order valence-electron chi connectivity index (χ0n) is 19.4. The highest BCUT2D eigenvalue weighted by atomic mass is 35.5. The predicted molar refractivity (Wildman–Crippen MR) is 139 cm³/mol. The molecular formula is C23H25ClN4O5S2. The number of halogens is 1. The van der Waals surface area contributed by atoms with Crippen molar-refractivity contribution in [2.75, 3.05) is 33.1 Å². The molecule has 3 rings (SSSR count). The van der Waals surface area contributed by atoms with E-state index in [0.29, 0.717) is 27.3 Å². The highest BCUT2D eigenvalue weighted by Crippen LogP contribution is 2.33. The normalized spacial score (nSPS) is 17.2. The lowest BCUT2D eigenvalue weighted by Crippen LogP contribution is -2.33. The fourth-order valence-electron chi connectivity index (χ4n) is 3.18. The van der Waals surface area contributed by atoms with Crippen molar-refractivity contribution >= 4 is 61.7 Å². The molecule has 186 valence electrons. The number of amides is 2. The Morgan fingerprint density at radius 1 is 1.31 bits per heavy atom. The van der Waals surface area contributed by atoms with Crippen molar-refractivity contribution in [1.82, 2.24) is 9.21 Å². The van der Waals surface area contributed by atoms with Crippen molar-refractivity contribution in [2.45, 2.75) is 16.6 Å². The number of rotatable bonds is 9. The lowest BCUT2D eigenvalue weighted by molar-refractivity contribution is -0.127. The number of ether oxygens (including phenoxy) is 1. The Kier molecular flexibility index (Phi) is 8.60. The maximum atomic E-state index is 13.0. The number of nitrogens with one attached hydrogen (secondary N) is 1. The van der Waals surface area contributed by atoms with E-state index in [0.717, 1.165) is 16.1 Å². The van der Waals surface area contributed by atoms with Gasteiger partial charge in [-0.2, -0.15) is 0 Å². The van der Waals surface area contributed by atoms with E-state index >= 15 is 0 Å². The van der Waals surface area contributed by atoms with Crippen LogP contribution in [0.25, 0.3) is 0 Å². The van der Waals surface area contributed by atoms with Crippen LogP contribution in [0.4, 0.5) is 11.4 Å². The van der Waals surface area contributed by atoms with Gasteiger partial charge in [0.15, 0.2) is 5.17 Å². The highest BCUT2D eigenvalue weighted by Gasteiger charge is 2.38. The Morgan fingerprint density at radius 2 is 2.06 bits per heavy atom. The zero-order valence-corrected chi connectivity index (χ0v) is 21.8. The van der Waals surface area contributed by atoms with Crippen LogP contribution in [0.5, 0.6) is 5.75 Å². The van der Waals surface area contributed by atoms with Crippen LogP contribution in [0.15, 0.2) is 65.0 Å². The third-order valence-corrected chi connectivity index (χ3v) is 8.24. The van der Waals surface area contributed by atoms with Gasteiger partial charge in [-0.25, -0.2) is 17.7 Å². The monoisotopic (exact) mass is 536 g/mol. The second-order valence-electron chi connectivity index (χ2n) is 7.62. The number of nitrogens with zero attached hydrogens (tertiary/aromatic N) is 3. The van der Waals surface area contributed by atoms with E-state index in [1.807, 2.05) is 0 Å². The van der Waals surface area contributed by atoms with Gasteiger partial charge < -0.3 is 10.1 Å². The summed E-state index contributed by atoms with van der Waals surface area (Å²) in [6, 6.07) is 11.0. The largest absolute Gasteiger partial charge is 0.495 e. The van der Waals surface area contributed by atoms with Gasteiger partial charge in [0.05, 0.1) is 22.7 Å². The van der Waals surface area contributed by atoms with E-state index < -0.39 is 15.3 Å². The molecule has 1 aliphatic heterocycles. The number of benzene rings is 2. The molecule has 2 aromatic rings. The summed E-state index contributed by atoms with van der Waals surface area (Å²) in [4.78, 5) is 31.6. The number of sulfonamides is 1. The van der Waals surface area contributed by atoms with E-state index in [2.05, 4.69) is 16.9 Å². The SMILES string of the molecule is C=CCN1C(=O)C(CC(=O)Nc2ccc(OC)c(Cl)c2)SC1=Nc1cccc(S(=O)(=O)N(C)C)c1. The van der Waals surface area contributed by atoms with Crippen LogP contribution in [0.1, 0.15) is 6.42 Å². The van der Waals surface area contributed by atoms with Gasteiger partial charge in [0.2, 0.25) is 21.8 Å². The number of methoxy groups -OCH3 is 1. The summed E-state index contributed by atoms with van der Waals surface area (Å²) in [6.45, 7) is 3.89. The number of aliphatic imine (C=N–C) groups is 1. The minimum atomic E-state index is -3.64. The molecule has 0 radical (unpaired) electrons. The minimum absolute atomic E-state index is 0.0861. The summed E-state index contributed by atoms with van der Waals surface area (Å²) >= 11 is 7.25. The molecule has 0 aliphatic carbocycles. The number of carbonyl (C=O) groups excluding carboxylic acids is 2. The second kappa shape index (κ2) is 11.3. The van der Waals surface area contributed by atoms with Crippen LogP contribution < -0.4 is 10.1 Å². The number of carbonyl (C=O) groups is 2. The lowest BCUT2D eigenvalue weighted by Gasteiger charge is -2.14. The molecule has 0 saturated carbocycles. The van der Waals surface area contributed by atoms with Gasteiger partial charge in [0.25, 0.3) is 0 Å². The molecule has 0 aromatic heterocycles. The predicted octanol–water partition coefficient (Wildman–Crippen LogP) is 3.75. The molecule has 1 unspecified atom stereocenters. The molecule has 2 aromatic carbocycles. The summed E-state index contributed by atoms with van der Waals surface area (Å²) in [5, 5.41) is 2.74. The van der Waals surface area contributed by atoms with Crippen molar-refractivity contribution in [2.24, 2.45) is 4.99 Å². The van der Waals surface area contributed by atoms with Crippen molar-refractivity contribution in [3.05, 3.63) is 60.1 Å². The molecule has 12 heteroatoms. The molecule has 0 spiro atoms. The summed E-state index contributed by atoms with van der Waals surface area (Å²) in [6.07, 6.45) is 1.47. The van der Waals surface area contributed by atoms with E-state index in [9.17, 15) is 18.0 Å². The van der Waals surface area contributed by atoms with Gasteiger partial charge in [0, 0.05) is 32.7 Å². The van der Waals surface area contributed by atoms with E-state index in [-0.39, 0.29) is 29.7 Å². The molecule has 1 saturated heterocycles. The van der Waals surface area contributed by atoms with E-state index in [1.165, 1.54) is 38.2 Å². The molecule has 1 N–H and O–H groups in total. The van der Waals surface area contributed by atoms with Crippen LogP contribution in [0.2, 0.25) is 5.02 Å².